The van der Waals surface area contributed by atoms with Crippen LogP contribution >= 0.6 is 11.8 Å². The highest BCUT2D eigenvalue weighted by molar-refractivity contribution is 7.99. The summed E-state index contributed by atoms with van der Waals surface area (Å²) in [5.41, 5.74) is 1.44. The van der Waals surface area contributed by atoms with Crippen molar-refractivity contribution in [1.82, 2.24) is 0 Å². The molecule has 1 heterocycles. The fourth-order valence-corrected chi connectivity index (χ4v) is 2.85. The van der Waals surface area contributed by atoms with Gasteiger partial charge in [-0.1, -0.05) is 18.2 Å². The summed E-state index contributed by atoms with van der Waals surface area (Å²) >= 11 is 1.91. The van der Waals surface area contributed by atoms with Crippen LogP contribution in [0.4, 0.5) is 0 Å². The molecule has 0 bridgehead atoms. The Bertz CT molecular complexity index is 309. The summed E-state index contributed by atoms with van der Waals surface area (Å²) in [5, 5.41) is 0. The topological polar surface area (TPSA) is 9.23 Å². The molecule has 2 rings (SSSR count). The lowest BCUT2D eigenvalue weighted by Crippen LogP contribution is -2.25. The lowest BCUT2D eigenvalue weighted by molar-refractivity contribution is 0.0210. The lowest BCUT2D eigenvalue weighted by atomic mass is 10.1. The van der Waals surface area contributed by atoms with E-state index >= 15 is 0 Å². The van der Waals surface area contributed by atoms with Gasteiger partial charge in [0, 0.05) is 17.1 Å². The standard InChI is InChI=1S/C12H16OS/c1-9(2)13-11-7-10-5-3-4-6-12(10)14-8-11/h3-6,9,11H,7-8H2,1-2H3. The van der Waals surface area contributed by atoms with Crippen molar-refractivity contribution in [2.75, 3.05) is 5.75 Å². The van der Waals surface area contributed by atoms with Crippen LogP contribution in [0.2, 0.25) is 0 Å². The van der Waals surface area contributed by atoms with Crippen molar-refractivity contribution in [3.8, 4) is 0 Å². The van der Waals surface area contributed by atoms with Crippen molar-refractivity contribution < 1.29 is 4.74 Å². The molecule has 0 radical (unpaired) electrons. The molecule has 0 amide bonds. The number of thioether (sulfide) groups is 1. The van der Waals surface area contributed by atoms with Crippen LogP contribution in [0.15, 0.2) is 29.2 Å². The molecule has 0 N–H and O–H groups in total. The fraction of sp³-hybridized carbons (Fsp3) is 0.500. The maximum atomic E-state index is 5.83. The summed E-state index contributed by atoms with van der Waals surface area (Å²) in [6.07, 6.45) is 1.81. The van der Waals surface area contributed by atoms with Crippen LogP contribution in [-0.4, -0.2) is 18.0 Å². The smallest absolute Gasteiger partial charge is 0.0713 e. The molecule has 1 aromatic carbocycles. The molecular weight excluding hydrogens is 192 g/mol. The van der Waals surface area contributed by atoms with Gasteiger partial charge in [-0.2, -0.15) is 0 Å². The quantitative estimate of drug-likeness (QED) is 0.738. The van der Waals surface area contributed by atoms with E-state index in [0.29, 0.717) is 12.2 Å². The van der Waals surface area contributed by atoms with Crippen LogP contribution in [0, 0.1) is 0 Å². The number of rotatable bonds is 2. The Balaban J connectivity index is 2.06. The molecule has 1 aliphatic heterocycles. The van der Waals surface area contributed by atoms with Gasteiger partial charge < -0.3 is 4.74 Å². The second-order valence-electron chi connectivity index (χ2n) is 3.93. The van der Waals surface area contributed by atoms with Gasteiger partial charge in [0.2, 0.25) is 0 Å². The molecule has 1 unspecified atom stereocenters. The van der Waals surface area contributed by atoms with Crippen LogP contribution in [0.25, 0.3) is 0 Å². The third-order valence-electron chi connectivity index (χ3n) is 2.31. The minimum Gasteiger partial charge on any atom is -0.374 e. The Morgan fingerprint density at radius 2 is 2.14 bits per heavy atom. The molecule has 0 aliphatic carbocycles. The normalized spacial score (nSPS) is 20.9. The van der Waals surface area contributed by atoms with Gasteiger partial charge in [0.15, 0.2) is 0 Å². The first-order valence-electron chi connectivity index (χ1n) is 5.12. The molecule has 0 saturated heterocycles. The second-order valence-corrected chi connectivity index (χ2v) is 4.99. The fourth-order valence-electron chi connectivity index (χ4n) is 1.77. The van der Waals surface area contributed by atoms with E-state index in [0.717, 1.165) is 12.2 Å². The molecule has 0 saturated carbocycles. The van der Waals surface area contributed by atoms with Crippen LogP contribution in [-0.2, 0) is 11.2 Å². The maximum absolute atomic E-state index is 5.83. The summed E-state index contributed by atoms with van der Waals surface area (Å²) in [4.78, 5) is 1.43. The molecular formula is C12H16OS. The monoisotopic (exact) mass is 208 g/mol. The van der Waals surface area contributed by atoms with Crippen LogP contribution < -0.4 is 0 Å². The zero-order valence-corrected chi connectivity index (χ0v) is 9.51. The minimum absolute atomic E-state index is 0.339. The third-order valence-corrected chi connectivity index (χ3v) is 3.56. The maximum Gasteiger partial charge on any atom is 0.0713 e. The van der Waals surface area contributed by atoms with Crippen molar-refractivity contribution in [2.24, 2.45) is 0 Å². The zero-order valence-electron chi connectivity index (χ0n) is 8.69. The van der Waals surface area contributed by atoms with E-state index in [-0.39, 0.29) is 0 Å². The molecule has 0 aromatic heterocycles. The van der Waals surface area contributed by atoms with E-state index in [1.807, 2.05) is 11.8 Å². The number of ether oxygens (including phenoxy) is 1. The molecule has 14 heavy (non-hydrogen) atoms. The third kappa shape index (κ3) is 2.31. The summed E-state index contributed by atoms with van der Waals surface area (Å²) in [6, 6.07) is 8.62. The number of hydrogen-bond acceptors (Lipinski definition) is 2. The molecule has 1 atom stereocenters. The summed E-state index contributed by atoms with van der Waals surface area (Å²) in [5.74, 6) is 1.09. The minimum atomic E-state index is 0.339. The first-order chi connectivity index (χ1) is 6.75. The number of hydrogen-bond donors (Lipinski definition) is 0. The van der Waals surface area contributed by atoms with E-state index in [9.17, 15) is 0 Å². The average molecular weight is 208 g/mol. The first kappa shape index (κ1) is 10.1. The summed E-state index contributed by atoms with van der Waals surface area (Å²) < 4.78 is 5.83. The molecule has 0 spiro atoms. The van der Waals surface area contributed by atoms with E-state index in [4.69, 9.17) is 4.74 Å². The van der Waals surface area contributed by atoms with Gasteiger partial charge >= 0.3 is 0 Å². The van der Waals surface area contributed by atoms with Gasteiger partial charge in [0.1, 0.15) is 0 Å². The SMILES string of the molecule is CC(C)OC1CSc2ccccc2C1. The largest absolute Gasteiger partial charge is 0.374 e. The molecule has 1 nitrogen and oxygen atoms in total. The van der Waals surface area contributed by atoms with Crippen LogP contribution in [0.3, 0.4) is 0 Å². The summed E-state index contributed by atoms with van der Waals surface area (Å²) in [7, 11) is 0. The Labute approximate surface area is 89.9 Å². The highest BCUT2D eigenvalue weighted by Crippen LogP contribution is 2.31. The van der Waals surface area contributed by atoms with Crippen molar-refractivity contribution in [1.29, 1.82) is 0 Å². The number of fused-ring (bicyclic) bond motifs is 1. The van der Waals surface area contributed by atoms with Gasteiger partial charge in [-0.25, -0.2) is 0 Å². The number of benzene rings is 1. The predicted molar refractivity (Wildman–Crippen MR) is 60.9 cm³/mol. The van der Waals surface area contributed by atoms with Gasteiger partial charge in [0.25, 0.3) is 0 Å². The Morgan fingerprint density at radius 3 is 2.93 bits per heavy atom. The summed E-state index contributed by atoms with van der Waals surface area (Å²) in [6.45, 7) is 4.20. The molecule has 76 valence electrons. The van der Waals surface area contributed by atoms with Gasteiger partial charge in [-0.05, 0) is 25.5 Å². The van der Waals surface area contributed by atoms with Crippen molar-refractivity contribution >= 4 is 11.8 Å². The first-order valence-corrected chi connectivity index (χ1v) is 6.10. The zero-order chi connectivity index (χ0) is 9.97. The molecule has 2 heteroatoms. The molecule has 1 aliphatic rings. The Hall–Kier alpha value is -0.470. The Morgan fingerprint density at radius 1 is 1.36 bits per heavy atom. The van der Waals surface area contributed by atoms with Gasteiger partial charge in [-0.3, -0.25) is 0 Å². The Kier molecular flexibility index (Phi) is 3.14. The average Bonchev–Trinajstić information content (AvgIpc) is 2.17. The molecule has 1 aromatic rings. The molecule has 0 fully saturated rings. The van der Waals surface area contributed by atoms with E-state index in [2.05, 4.69) is 38.1 Å². The highest BCUT2D eigenvalue weighted by Gasteiger charge is 2.19. The predicted octanol–water partition coefficient (Wildman–Crippen LogP) is 3.13. The highest BCUT2D eigenvalue weighted by atomic mass is 32.2. The van der Waals surface area contributed by atoms with Crippen LogP contribution in [0.5, 0.6) is 0 Å². The van der Waals surface area contributed by atoms with Crippen molar-refractivity contribution in [3.05, 3.63) is 29.8 Å². The van der Waals surface area contributed by atoms with Crippen molar-refractivity contribution in [2.45, 2.75) is 37.4 Å². The van der Waals surface area contributed by atoms with Crippen molar-refractivity contribution in [3.63, 3.8) is 0 Å². The van der Waals surface area contributed by atoms with E-state index < -0.39 is 0 Å². The van der Waals surface area contributed by atoms with E-state index in [1.54, 1.807) is 0 Å². The second kappa shape index (κ2) is 4.37. The van der Waals surface area contributed by atoms with Gasteiger partial charge in [0.05, 0.1) is 12.2 Å². The van der Waals surface area contributed by atoms with Crippen LogP contribution in [0.1, 0.15) is 19.4 Å². The lowest BCUT2D eigenvalue weighted by Gasteiger charge is -2.25. The van der Waals surface area contributed by atoms with E-state index in [1.165, 1.54) is 10.5 Å². The van der Waals surface area contributed by atoms with Gasteiger partial charge in [-0.15, -0.1) is 11.8 Å².